The van der Waals surface area contributed by atoms with Crippen molar-refractivity contribution in [1.29, 1.82) is 0 Å². The molecule has 110 valence electrons. The Labute approximate surface area is 127 Å². The molecule has 6 heteroatoms. The molecule has 1 aliphatic rings. The number of esters is 1. The molecule has 0 bridgehead atoms. The zero-order valence-corrected chi connectivity index (χ0v) is 13.3. The molecule has 1 aliphatic carbocycles. The van der Waals surface area contributed by atoms with Gasteiger partial charge in [0.05, 0.1) is 12.8 Å². The number of anilines is 1. The van der Waals surface area contributed by atoms with E-state index in [0.29, 0.717) is 22.9 Å². The molecule has 0 unspecified atom stereocenters. The smallest absolute Gasteiger partial charge is 0.358 e. The lowest BCUT2D eigenvalue weighted by Crippen LogP contribution is -2.18. The Balaban J connectivity index is 1.93. The Morgan fingerprint density at radius 3 is 2.85 bits per heavy atom. The van der Waals surface area contributed by atoms with Crippen LogP contribution in [0.1, 0.15) is 49.5 Å². The van der Waals surface area contributed by atoms with Gasteiger partial charge in [-0.05, 0) is 41.6 Å². The maximum Gasteiger partial charge on any atom is 0.358 e. The van der Waals surface area contributed by atoms with Crippen LogP contribution in [0.15, 0.2) is 10.8 Å². The molecule has 0 atom stereocenters. The van der Waals surface area contributed by atoms with Crippen molar-refractivity contribution in [2.45, 2.75) is 39.0 Å². The zero-order valence-electron chi connectivity index (χ0n) is 11.7. The molecule has 1 heterocycles. The van der Waals surface area contributed by atoms with Gasteiger partial charge in [-0.15, -0.1) is 0 Å². The number of halogens is 1. The van der Waals surface area contributed by atoms with Gasteiger partial charge >= 0.3 is 5.97 Å². The summed E-state index contributed by atoms with van der Waals surface area (Å²) in [5, 5.41) is 3.31. The third kappa shape index (κ3) is 4.16. The van der Waals surface area contributed by atoms with Crippen LogP contribution in [-0.4, -0.2) is 29.1 Å². The lowest BCUT2D eigenvalue weighted by molar-refractivity contribution is 0.0518. The molecule has 1 fully saturated rings. The largest absolute Gasteiger partial charge is 0.461 e. The van der Waals surface area contributed by atoms with E-state index in [9.17, 15) is 4.79 Å². The topological polar surface area (TPSA) is 64.1 Å². The summed E-state index contributed by atoms with van der Waals surface area (Å²) in [7, 11) is 0. The molecular weight excluding hydrogens is 322 g/mol. The summed E-state index contributed by atoms with van der Waals surface area (Å²) >= 11 is 3.35. The van der Waals surface area contributed by atoms with Gasteiger partial charge in [0.25, 0.3) is 0 Å². The predicted molar refractivity (Wildman–Crippen MR) is 80.8 cm³/mol. The van der Waals surface area contributed by atoms with Gasteiger partial charge in [0.15, 0.2) is 11.5 Å². The van der Waals surface area contributed by atoms with Gasteiger partial charge < -0.3 is 10.1 Å². The molecule has 1 N–H and O–H groups in total. The van der Waals surface area contributed by atoms with Crippen LogP contribution in [0.4, 0.5) is 5.82 Å². The number of hydrogen-bond acceptors (Lipinski definition) is 5. The minimum Gasteiger partial charge on any atom is -0.461 e. The monoisotopic (exact) mass is 341 g/mol. The molecule has 5 nitrogen and oxygen atoms in total. The Morgan fingerprint density at radius 2 is 2.20 bits per heavy atom. The summed E-state index contributed by atoms with van der Waals surface area (Å²) in [6.07, 6.45) is 8.00. The van der Waals surface area contributed by atoms with Crippen molar-refractivity contribution < 1.29 is 9.53 Å². The average molecular weight is 342 g/mol. The van der Waals surface area contributed by atoms with Crippen molar-refractivity contribution in [1.82, 2.24) is 9.97 Å². The minimum atomic E-state index is -0.445. The maximum atomic E-state index is 11.5. The van der Waals surface area contributed by atoms with E-state index >= 15 is 0 Å². The summed E-state index contributed by atoms with van der Waals surface area (Å²) in [5.74, 6) is 0.949. The molecule has 20 heavy (non-hydrogen) atoms. The van der Waals surface area contributed by atoms with Crippen LogP contribution in [0.3, 0.4) is 0 Å². The van der Waals surface area contributed by atoms with Crippen LogP contribution >= 0.6 is 15.9 Å². The SMILES string of the molecule is CCOC(=O)c1cnc(NCC2CCCCC2)c(Br)n1. The van der Waals surface area contributed by atoms with Gasteiger partial charge in [-0.25, -0.2) is 14.8 Å². The molecule has 1 saturated carbocycles. The summed E-state index contributed by atoms with van der Waals surface area (Å²) < 4.78 is 5.45. The summed E-state index contributed by atoms with van der Waals surface area (Å²) in [5.41, 5.74) is 0.224. The summed E-state index contributed by atoms with van der Waals surface area (Å²) in [4.78, 5) is 20.0. The quantitative estimate of drug-likeness (QED) is 0.831. The van der Waals surface area contributed by atoms with E-state index in [0.717, 1.165) is 6.54 Å². The highest BCUT2D eigenvalue weighted by Crippen LogP contribution is 2.25. The van der Waals surface area contributed by atoms with E-state index in [-0.39, 0.29) is 5.69 Å². The van der Waals surface area contributed by atoms with Crippen molar-refractivity contribution in [3.63, 3.8) is 0 Å². The third-order valence-electron chi connectivity index (χ3n) is 3.50. The molecule has 0 spiro atoms. The first-order chi connectivity index (χ1) is 9.70. The predicted octanol–water partition coefficient (Wildman–Crippen LogP) is 3.41. The van der Waals surface area contributed by atoms with Crippen LogP contribution in [0.25, 0.3) is 0 Å². The van der Waals surface area contributed by atoms with E-state index in [1.165, 1.54) is 38.3 Å². The number of carbonyl (C=O) groups excluding carboxylic acids is 1. The number of nitrogens with one attached hydrogen (secondary N) is 1. The molecule has 1 aromatic heterocycles. The van der Waals surface area contributed by atoms with Gasteiger partial charge in [-0.3, -0.25) is 0 Å². The first kappa shape index (κ1) is 15.2. The van der Waals surface area contributed by atoms with Crippen LogP contribution in [-0.2, 0) is 4.74 Å². The van der Waals surface area contributed by atoms with Crippen LogP contribution < -0.4 is 5.32 Å². The lowest BCUT2D eigenvalue weighted by Gasteiger charge is -2.22. The minimum absolute atomic E-state index is 0.224. The second-order valence-electron chi connectivity index (χ2n) is 5.00. The fourth-order valence-corrected chi connectivity index (χ4v) is 2.85. The van der Waals surface area contributed by atoms with Crippen LogP contribution in [0, 0.1) is 5.92 Å². The number of hydrogen-bond donors (Lipinski definition) is 1. The number of aromatic nitrogens is 2. The van der Waals surface area contributed by atoms with Gasteiger partial charge in [0, 0.05) is 6.54 Å². The molecule has 0 amide bonds. The average Bonchev–Trinajstić information content (AvgIpc) is 2.47. The van der Waals surface area contributed by atoms with Gasteiger partial charge in [-0.2, -0.15) is 0 Å². The highest BCUT2D eigenvalue weighted by atomic mass is 79.9. The highest BCUT2D eigenvalue weighted by molar-refractivity contribution is 9.10. The van der Waals surface area contributed by atoms with E-state index < -0.39 is 5.97 Å². The molecule has 0 saturated heterocycles. The molecule has 0 aromatic carbocycles. The number of rotatable bonds is 5. The first-order valence-corrected chi connectivity index (χ1v) is 7.93. The maximum absolute atomic E-state index is 11.5. The van der Waals surface area contributed by atoms with E-state index in [1.807, 2.05) is 0 Å². The van der Waals surface area contributed by atoms with Crippen molar-refractivity contribution in [3.8, 4) is 0 Å². The fraction of sp³-hybridized carbons (Fsp3) is 0.643. The molecule has 1 aromatic rings. The van der Waals surface area contributed by atoms with Gasteiger partial charge in [0.1, 0.15) is 4.60 Å². The number of ether oxygens (including phenoxy) is 1. The Hall–Kier alpha value is -1.17. The van der Waals surface area contributed by atoms with Crippen molar-refractivity contribution in [3.05, 3.63) is 16.5 Å². The Bertz CT molecular complexity index is 462. The fourth-order valence-electron chi connectivity index (χ4n) is 2.42. The summed E-state index contributed by atoms with van der Waals surface area (Å²) in [6.45, 7) is 3.01. The second kappa shape index (κ2) is 7.57. The number of nitrogens with zero attached hydrogens (tertiary/aromatic N) is 2. The highest BCUT2D eigenvalue weighted by Gasteiger charge is 2.15. The first-order valence-electron chi connectivity index (χ1n) is 7.14. The summed E-state index contributed by atoms with van der Waals surface area (Å²) in [6, 6.07) is 0. The zero-order chi connectivity index (χ0) is 14.4. The van der Waals surface area contributed by atoms with E-state index in [4.69, 9.17) is 4.74 Å². The molecule has 0 radical (unpaired) electrons. The van der Waals surface area contributed by atoms with Crippen molar-refractivity contribution in [2.75, 3.05) is 18.5 Å². The molecule has 0 aliphatic heterocycles. The van der Waals surface area contributed by atoms with Gasteiger partial charge in [-0.1, -0.05) is 19.3 Å². The van der Waals surface area contributed by atoms with Gasteiger partial charge in [0.2, 0.25) is 0 Å². The Kier molecular flexibility index (Phi) is 5.76. The standard InChI is InChI=1S/C14H20BrN3O2/c1-2-20-14(19)11-9-17-13(12(15)18-11)16-8-10-6-4-3-5-7-10/h9-10H,2-8H2,1H3,(H,16,17). The van der Waals surface area contributed by atoms with E-state index in [1.54, 1.807) is 6.92 Å². The van der Waals surface area contributed by atoms with Crippen molar-refractivity contribution in [2.24, 2.45) is 5.92 Å². The van der Waals surface area contributed by atoms with Crippen LogP contribution in [0.2, 0.25) is 0 Å². The molecule has 2 rings (SSSR count). The van der Waals surface area contributed by atoms with Crippen LogP contribution in [0.5, 0.6) is 0 Å². The van der Waals surface area contributed by atoms with E-state index in [2.05, 4.69) is 31.2 Å². The molecular formula is C14H20BrN3O2. The van der Waals surface area contributed by atoms with Crippen molar-refractivity contribution >= 4 is 27.7 Å². The Morgan fingerprint density at radius 1 is 1.45 bits per heavy atom. The lowest BCUT2D eigenvalue weighted by atomic mass is 9.89. The second-order valence-corrected chi connectivity index (χ2v) is 5.75. The normalized spacial score (nSPS) is 15.9. The third-order valence-corrected chi connectivity index (χ3v) is 4.05. The number of carbonyl (C=O) groups is 1.